The molecule has 162 valence electrons. The van der Waals surface area contributed by atoms with Crippen LogP contribution < -0.4 is 10.6 Å². The summed E-state index contributed by atoms with van der Waals surface area (Å²) in [6, 6.07) is 12.7. The largest absolute Gasteiger partial charge is 0.395 e. The van der Waals surface area contributed by atoms with Crippen molar-refractivity contribution in [3.05, 3.63) is 54.6 Å². The van der Waals surface area contributed by atoms with Gasteiger partial charge in [-0.15, -0.1) is 0 Å². The van der Waals surface area contributed by atoms with Crippen molar-refractivity contribution in [1.29, 1.82) is 0 Å². The topological polar surface area (TPSA) is 98.7 Å². The molecule has 7 heteroatoms. The second kappa shape index (κ2) is 8.51. The lowest BCUT2D eigenvalue weighted by molar-refractivity contribution is -0.140. The Bertz CT molecular complexity index is 1050. The Balaban J connectivity index is 1.66. The second-order valence-electron chi connectivity index (χ2n) is 8.24. The van der Waals surface area contributed by atoms with E-state index < -0.39 is 23.8 Å². The molecule has 5 atom stereocenters. The van der Waals surface area contributed by atoms with E-state index >= 15 is 0 Å². The van der Waals surface area contributed by atoms with Crippen molar-refractivity contribution >= 4 is 34.2 Å². The molecule has 0 unspecified atom stereocenters. The number of benzene rings is 2. The van der Waals surface area contributed by atoms with Gasteiger partial charge in [-0.05, 0) is 28.8 Å². The lowest BCUT2D eigenvalue weighted by atomic mass is 9.70. The highest BCUT2D eigenvalue weighted by atomic mass is 16.3. The molecule has 3 N–H and O–H groups in total. The summed E-state index contributed by atoms with van der Waals surface area (Å²) < 4.78 is 0. The summed E-state index contributed by atoms with van der Waals surface area (Å²) in [5.74, 6) is -2.52. The van der Waals surface area contributed by atoms with Crippen LogP contribution in [0.15, 0.2) is 54.6 Å². The zero-order chi connectivity index (χ0) is 22.1. The number of allylic oxidation sites excluding steroid dienone is 1. The molecule has 7 nitrogen and oxygen atoms in total. The molecule has 3 amide bonds. The highest BCUT2D eigenvalue weighted by Crippen LogP contribution is 2.44. The maximum atomic E-state index is 13.3. The van der Waals surface area contributed by atoms with Gasteiger partial charge in [0, 0.05) is 25.2 Å². The average Bonchev–Trinajstić information content (AvgIpc) is 3.05. The van der Waals surface area contributed by atoms with Crippen LogP contribution >= 0.6 is 0 Å². The van der Waals surface area contributed by atoms with Crippen molar-refractivity contribution in [3.8, 4) is 0 Å². The molecule has 4 rings (SSSR count). The third-order valence-electron chi connectivity index (χ3n) is 6.45. The van der Waals surface area contributed by atoms with Crippen LogP contribution in [0.5, 0.6) is 0 Å². The molecular weight excluding hydrogens is 394 g/mol. The number of anilines is 1. The van der Waals surface area contributed by atoms with Gasteiger partial charge >= 0.3 is 0 Å². The summed E-state index contributed by atoms with van der Waals surface area (Å²) in [6.07, 6.45) is 3.79. The van der Waals surface area contributed by atoms with E-state index in [1.807, 2.05) is 61.5 Å². The molecule has 1 saturated heterocycles. The first kappa shape index (κ1) is 21.1. The van der Waals surface area contributed by atoms with Crippen molar-refractivity contribution in [2.45, 2.75) is 13.0 Å². The molecule has 0 bridgehead atoms. The van der Waals surface area contributed by atoms with E-state index in [1.165, 1.54) is 4.90 Å². The number of β-amino-alcohol motifs (C(OH)–C–C–N with tert-alkyl or cyclic N) is 1. The number of likely N-dealkylation sites (tertiary alicyclic amines) is 1. The maximum absolute atomic E-state index is 13.3. The van der Waals surface area contributed by atoms with Crippen LogP contribution in [0.4, 0.5) is 5.69 Å². The monoisotopic (exact) mass is 421 g/mol. The molecule has 31 heavy (non-hydrogen) atoms. The fraction of sp³-hybridized carbons (Fsp3) is 0.375. The standard InChI is InChI=1S/C24H27N3O4/c1-14-7-10-18-20(19(14)22(29)25-2)24(31)27(11-12-28)21(18)23(30)26-17-9-8-15-5-3-4-6-16(15)13-17/h3-10,13-14,18-21,28H,11-12H2,1-2H3,(H,25,29)(H,26,30)/t14-,18+,19-,20+,21+/m1/s1. The average molecular weight is 421 g/mol. The Morgan fingerprint density at radius 3 is 2.52 bits per heavy atom. The fourth-order valence-corrected chi connectivity index (χ4v) is 4.99. The number of rotatable bonds is 5. The Kier molecular flexibility index (Phi) is 5.78. The van der Waals surface area contributed by atoms with Crippen molar-refractivity contribution in [2.75, 3.05) is 25.5 Å². The zero-order valence-corrected chi connectivity index (χ0v) is 17.6. The smallest absolute Gasteiger partial charge is 0.247 e. The SMILES string of the molecule is CNC(=O)[C@H]1[C@H]2C(=O)N(CCO)[C@H](C(=O)Nc3ccc4ccccc4c3)[C@H]2C=C[C@H]1C. The minimum atomic E-state index is -0.785. The first-order valence-corrected chi connectivity index (χ1v) is 10.6. The van der Waals surface area contributed by atoms with Crippen molar-refractivity contribution in [1.82, 2.24) is 10.2 Å². The van der Waals surface area contributed by atoms with Crippen LogP contribution in [-0.4, -0.2) is 54.0 Å². The van der Waals surface area contributed by atoms with E-state index in [2.05, 4.69) is 10.6 Å². The van der Waals surface area contributed by atoms with Crippen molar-refractivity contribution < 1.29 is 19.5 Å². The minimum Gasteiger partial charge on any atom is -0.395 e. The molecule has 2 aliphatic rings. The number of carbonyl (C=O) groups is 3. The fourth-order valence-electron chi connectivity index (χ4n) is 4.99. The van der Waals surface area contributed by atoms with E-state index in [0.717, 1.165) is 10.8 Å². The predicted molar refractivity (Wildman–Crippen MR) is 118 cm³/mol. The van der Waals surface area contributed by atoms with Gasteiger partial charge in [0.15, 0.2) is 0 Å². The summed E-state index contributed by atoms with van der Waals surface area (Å²) in [5, 5.41) is 17.2. The van der Waals surface area contributed by atoms with E-state index in [-0.39, 0.29) is 36.8 Å². The third-order valence-corrected chi connectivity index (χ3v) is 6.45. The van der Waals surface area contributed by atoms with Crippen LogP contribution in [0.1, 0.15) is 6.92 Å². The molecule has 1 fully saturated rings. The minimum absolute atomic E-state index is 0.0460. The third kappa shape index (κ3) is 3.70. The number of aliphatic hydroxyl groups is 1. The summed E-state index contributed by atoms with van der Waals surface area (Å²) in [4.78, 5) is 40.6. The summed E-state index contributed by atoms with van der Waals surface area (Å²) in [5.41, 5.74) is 0.638. The lowest BCUT2D eigenvalue weighted by Gasteiger charge is -2.32. The first-order valence-electron chi connectivity index (χ1n) is 10.6. The van der Waals surface area contributed by atoms with Gasteiger partial charge in [-0.3, -0.25) is 14.4 Å². The van der Waals surface area contributed by atoms with Crippen LogP contribution in [0.25, 0.3) is 10.8 Å². The first-order chi connectivity index (χ1) is 15.0. The number of nitrogens with one attached hydrogen (secondary N) is 2. The normalized spacial score (nSPS) is 27.3. The van der Waals surface area contributed by atoms with Crippen molar-refractivity contribution in [2.24, 2.45) is 23.7 Å². The Labute approximate surface area is 181 Å². The van der Waals surface area contributed by atoms with Crippen molar-refractivity contribution in [3.63, 3.8) is 0 Å². The molecule has 0 radical (unpaired) electrons. The van der Waals surface area contributed by atoms with Gasteiger partial charge in [-0.25, -0.2) is 0 Å². The van der Waals surface area contributed by atoms with Crippen LogP contribution in [0.2, 0.25) is 0 Å². The molecule has 0 spiro atoms. The van der Waals surface area contributed by atoms with Gasteiger partial charge in [0.25, 0.3) is 0 Å². The number of hydrogen-bond acceptors (Lipinski definition) is 4. The number of nitrogens with zero attached hydrogens (tertiary/aromatic N) is 1. The van der Waals surface area contributed by atoms with Gasteiger partial charge in [-0.2, -0.15) is 0 Å². The Morgan fingerprint density at radius 2 is 1.81 bits per heavy atom. The summed E-state index contributed by atoms with van der Waals surface area (Å²) in [7, 11) is 1.55. The summed E-state index contributed by atoms with van der Waals surface area (Å²) >= 11 is 0. The summed E-state index contributed by atoms with van der Waals surface area (Å²) in [6.45, 7) is 1.69. The highest BCUT2D eigenvalue weighted by Gasteiger charge is 2.56. The second-order valence-corrected chi connectivity index (χ2v) is 8.24. The van der Waals surface area contributed by atoms with Gasteiger partial charge in [-0.1, -0.05) is 49.4 Å². The highest BCUT2D eigenvalue weighted by molar-refractivity contribution is 6.02. The van der Waals surface area contributed by atoms with E-state index in [1.54, 1.807) is 7.05 Å². The number of fused-ring (bicyclic) bond motifs is 2. The van der Waals surface area contributed by atoms with E-state index in [9.17, 15) is 19.5 Å². The van der Waals surface area contributed by atoms with Crippen LogP contribution in [0, 0.1) is 23.7 Å². The number of amides is 3. The Morgan fingerprint density at radius 1 is 1.06 bits per heavy atom. The van der Waals surface area contributed by atoms with E-state index in [0.29, 0.717) is 5.69 Å². The van der Waals surface area contributed by atoms with Gasteiger partial charge in [0.2, 0.25) is 17.7 Å². The number of aliphatic hydroxyl groups excluding tert-OH is 1. The molecule has 0 saturated carbocycles. The molecule has 1 aliphatic heterocycles. The number of hydrogen-bond donors (Lipinski definition) is 3. The quantitative estimate of drug-likeness (QED) is 0.641. The van der Waals surface area contributed by atoms with Crippen LogP contribution in [-0.2, 0) is 14.4 Å². The Hall–Kier alpha value is -3.19. The maximum Gasteiger partial charge on any atom is 0.247 e. The predicted octanol–water partition coefficient (Wildman–Crippen LogP) is 1.78. The molecule has 0 aromatic heterocycles. The van der Waals surface area contributed by atoms with Gasteiger partial charge in [0.05, 0.1) is 18.4 Å². The lowest BCUT2D eigenvalue weighted by Crippen LogP contribution is -2.45. The molecule has 1 aliphatic carbocycles. The van der Waals surface area contributed by atoms with Gasteiger partial charge in [0.1, 0.15) is 6.04 Å². The van der Waals surface area contributed by atoms with Gasteiger partial charge < -0.3 is 20.6 Å². The number of carbonyl (C=O) groups excluding carboxylic acids is 3. The molecular formula is C24H27N3O4. The van der Waals surface area contributed by atoms with Crippen LogP contribution in [0.3, 0.4) is 0 Å². The molecule has 2 aromatic rings. The zero-order valence-electron chi connectivity index (χ0n) is 17.6. The molecule has 2 aromatic carbocycles. The molecule has 1 heterocycles. The van der Waals surface area contributed by atoms with E-state index in [4.69, 9.17) is 0 Å².